The highest BCUT2D eigenvalue weighted by molar-refractivity contribution is 7.19. The molecular weight excluding hydrogens is 342 g/mol. The number of benzene rings is 1. The lowest BCUT2D eigenvalue weighted by Gasteiger charge is -2.15. The number of hydrogen-bond donors (Lipinski definition) is 1. The number of fused-ring (bicyclic) bond motifs is 2. The molecule has 1 unspecified atom stereocenters. The Morgan fingerprint density at radius 2 is 1.96 bits per heavy atom. The first-order chi connectivity index (χ1) is 12.7. The lowest BCUT2D eigenvalue weighted by molar-refractivity contribution is 0.115. The van der Waals surface area contributed by atoms with Gasteiger partial charge in [-0.3, -0.25) is 4.68 Å². The summed E-state index contributed by atoms with van der Waals surface area (Å²) in [6.45, 7) is 0. The van der Waals surface area contributed by atoms with Crippen LogP contribution in [-0.2, 0) is 7.05 Å². The summed E-state index contributed by atoms with van der Waals surface area (Å²) in [7, 11) is 1.91. The number of aliphatic hydroxyl groups is 1. The first-order valence-electron chi connectivity index (χ1n) is 9.19. The Bertz CT molecular complexity index is 1090. The van der Waals surface area contributed by atoms with E-state index in [-0.39, 0.29) is 6.10 Å². The number of aryl methyl sites for hydroxylation is 1. The van der Waals surface area contributed by atoms with E-state index in [2.05, 4.69) is 40.4 Å². The van der Waals surface area contributed by atoms with Crippen LogP contribution < -0.4 is 0 Å². The van der Waals surface area contributed by atoms with Gasteiger partial charge in [0.1, 0.15) is 0 Å². The van der Waals surface area contributed by atoms with E-state index in [1.165, 1.54) is 22.9 Å². The van der Waals surface area contributed by atoms with Gasteiger partial charge in [-0.15, -0.1) is 11.3 Å². The van der Waals surface area contributed by atoms with Crippen LogP contribution in [0.5, 0.6) is 0 Å². The molecule has 0 spiro atoms. The van der Waals surface area contributed by atoms with Gasteiger partial charge in [-0.05, 0) is 47.9 Å². The summed E-state index contributed by atoms with van der Waals surface area (Å²) in [5.74, 6) is 0.430. The monoisotopic (exact) mass is 363 g/mol. The normalized spacial score (nSPS) is 16.7. The van der Waals surface area contributed by atoms with Crippen molar-refractivity contribution in [3.05, 3.63) is 47.6 Å². The minimum Gasteiger partial charge on any atom is -0.387 e. The molecule has 1 aromatic carbocycles. The van der Waals surface area contributed by atoms with Gasteiger partial charge >= 0.3 is 0 Å². The van der Waals surface area contributed by atoms with Crippen molar-refractivity contribution in [2.75, 3.05) is 0 Å². The number of rotatable bonds is 3. The van der Waals surface area contributed by atoms with Crippen LogP contribution in [0, 0.1) is 5.92 Å². The van der Waals surface area contributed by atoms with Crippen molar-refractivity contribution in [2.45, 2.75) is 31.8 Å². The molecule has 1 aliphatic rings. The van der Waals surface area contributed by atoms with Crippen molar-refractivity contribution in [3.8, 4) is 11.1 Å². The number of aromatic nitrogens is 3. The molecule has 26 heavy (non-hydrogen) atoms. The smallest absolute Gasteiger partial charge is 0.181 e. The summed E-state index contributed by atoms with van der Waals surface area (Å²) < 4.78 is 3.02. The lowest BCUT2D eigenvalue weighted by atomic mass is 9.99. The number of thiophene rings is 1. The average molecular weight is 363 g/mol. The average Bonchev–Trinajstić information content (AvgIpc) is 3.37. The molecule has 1 atom stereocenters. The SMILES string of the molecule is Cn1cc2cc(-c3ccc4cc(C(O)C5CCCC5)sc4c3)cnc2n1. The van der Waals surface area contributed by atoms with Crippen LogP contribution in [-0.4, -0.2) is 19.9 Å². The van der Waals surface area contributed by atoms with Crippen LogP contribution in [0.1, 0.15) is 36.7 Å². The highest BCUT2D eigenvalue weighted by Gasteiger charge is 2.25. The molecule has 0 radical (unpaired) electrons. The molecule has 132 valence electrons. The van der Waals surface area contributed by atoms with Crippen molar-refractivity contribution in [3.63, 3.8) is 0 Å². The van der Waals surface area contributed by atoms with Gasteiger partial charge < -0.3 is 5.11 Å². The summed E-state index contributed by atoms with van der Waals surface area (Å²) in [6, 6.07) is 10.8. The second kappa shape index (κ2) is 6.18. The third kappa shape index (κ3) is 2.72. The first kappa shape index (κ1) is 16.0. The van der Waals surface area contributed by atoms with Gasteiger partial charge in [0.15, 0.2) is 5.65 Å². The standard InChI is InChI=1S/C21H21N3OS/c1-24-12-17-8-16(11-22-21(17)23-24)14-6-7-15-10-19(26-18(15)9-14)20(25)13-4-2-3-5-13/h6-13,20,25H,2-5H2,1H3. The van der Waals surface area contributed by atoms with Crippen LogP contribution in [0.4, 0.5) is 0 Å². The predicted octanol–water partition coefficient (Wildman–Crippen LogP) is 5.07. The van der Waals surface area contributed by atoms with E-state index >= 15 is 0 Å². The van der Waals surface area contributed by atoms with E-state index in [0.717, 1.165) is 39.9 Å². The van der Waals surface area contributed by atoms with Crippen molar-refractivity contribution in [1.29, 1.82) is 0 Å². The van der Waals surface area contributed by atoms with Gasteiger partial charge in [0, 0.05) is 40.0 Å². The van der Waals surface area contributed by atoms with Crippen molar-refractivity contribution in [2.24, 2.45) is 13.0 Å². The van der Waals surface area contributed by atoms with Crippen LogP contribution in [0.3, 0.4) is 0 Å². The summed E-state index contributed by atoms with van der Waals surface area (Å²) in [5.41, 5.74) is 3.02. The third-order valence-electron chi connectivity index (χ3n) is 5.48. The molecule has 4 aromatic rings. The number of aliphatic hydroxyl groups excluding tert-OH is 1. The maximum Gasteiger partial charge on any atom is 0.181 e. The maximum absolute atomic E-state index is 10.7. The fourth-order valence-electron chi connectivity index (χ4n) is 4.07. The molecular formula is C21H21N3OS. The first-order valence-corrected chi connectivity index (χ1v) is 10.0. The molecule has 5 rings (SSSR count). The molecule has 4 nitrogen and oxygen atoms in total. The fraction of sp³-hybridized carbons (Fsp3) is 0.333. The van der Waals surface area contributed by atoms with E-state index in [0.29, 0.717) is 5.92 Å². The van der Waals surface area contributed by atoms with E-state index in [1.54, 1.807) is 16.0 Å². The highest BCUT2D eigenvalue weighted by Crippen LogP contribution is 2.40. The van der Waals surface area contributed by atoms with Crippen LogP contribution >= 0.6 is 11.3 Å². The topological polar surface area (TPSA) is 50.9 Å². The molecule has 0 aliphatic heterocycles. The van der Waals surface area contributed by atoms with Crippen LogP contribution in [0.25, 0.3) is 32.2 Å². The molecule has 1 saturated carbocycles. The van der Waals surface area contributed by atoms with Crippen LogP contribution in [0.15, 0.2) is 42.7 Å². The third-order valence-corrected chi connectivity index (χ3v) is 6.65. The molecule has 0 amide bonds. The molecule has 3 aromatic heterocycles. The van der Waals surface area contributed by atoms with Gasteiger partial charge in [0.05, 0.1) is 6.10 Å². The quantitative estimate of drug-likeness (QED) is 0.553. The van der Waals surface area contributed by atoms with Gasteiger partial charge in [-0.2, -0.15) is 5.10 Å². The van der Waals surface area contributed by atoms with Crippen LogP contribution in [0.2, 0.25) is 0 Å². The maximum atomic E-state index is 10.7. The summed E-state index contributed by atoms with van der Waals surface area (Å²) >= 11 is 1.72. The van der Waals surface area contributed by atoms with E-state index in [4.69, 9.17) is 0 Å². The minimum absolute atomic E-state index is 0.313. The fourth-order valence-corrected chi connectivity index (χ4v) is 5.26. The molecule has 1 N–H and O–H groups in total. The summed E-state index contributed by atoms with van der Waals surface area (Å²) in [4.78, 5) is 5.58. The Labute approximate surface area is 156 Å². The molecule has 1 aliphatic carbocycles. The lowest BCUT2D eigenvalue weighted by Crippen LogP contribution is -2.06. The van der Waals surface area contributed by atoms with Crippen molar-refractivity contribution >= 4 is 32.5 Å². The predicted molar refractivity (Wildman–Crippen MR) is 106 cm³/mol. The zero-order valence-corrected chi connectivity index (χ0v) is 15.5. The summed E-state index contributed by atoms with van der Waals surface area (Å²) in [6.07, 6.45) is 8.37. The molecule has 0 saturated heterocycles. The zero-order valence-electron chi connectivity index (χ0n) is 14.7. The number of pyridine rings is 1. The van der Waals surface area contributed by atoms with E-state index in [9.17, 15) is 5.11 Å². The van der Waals surface area contributed by atoms with Gasteiger partial charge in [0.2, 0.25) is 0 Å². The highest BCUT2D eigenvalue weighted by atomic mass is 32.1. The minimum atomic E-state index is -0.313. The molecule has 1 fully saturated rings. The van der Waals surface area contributed by atoms with Gasteiger partial charge in [-0.1, -0.05) is 25.0 Å². The van der Waals surface area contributed by atoms with E-state index < -0.39 is 0 Å². The van der Waals surface area contributed by atoms with Crippen molar-refractivity contribution < 1.29 is 5.11 Å². The largest absolute Gasteiger partial charge is 0.387 e. The zero-order chi connectivity index (χ0) is 17.7. The second-order valence-corrected chi connectivity index (χ2v) is 8.45. The Hall–Kier alpha value is -2.24. The Balaban J connectivity index is 1.52. The molecule has 5 heteroatoms. The molecule has 3 heterocycles. The Morgan fingerprint density at radius 3 is 2.81 bits per heavy atom. The van der Waals surface area contributed by atoms with Crippen molar-refractivity contribution in [1.82, 2.24) is 14.8 Å². The second-order valence-electron chi connectivity index (χ2n) is 7.33. The Morgan fingerprint density at radius 1 is 1.12 bits per heavy atom. The number of hydrogen-bond acceptors (Lipinski definition) is 4. The summed E-state index contributed by atoms with van der Waals surface area (Å²) in [5, 5.41) is 17.3. The van der Waals surface area contributed by atoms with E-state index in [1.807, 2.05) is 19.4 Å². The number of nitrogens with zero attached hydrogens (tertiary/aromatic N) is 3. The molecule has 0 bridgehead atoms. The Kier molecular flexibility index (Phi) is 3.80. The van der Waals surface area contributed by atoms with Gasteiger partial charge in [-0.25, -0.2) is 4.98 Å². The van der Waals surface area contributed by atoms with Gasteiger partial charge in [0.25, 0.3) is 0 Å².